The Bertz CT molecular complexity index is 601. The zero-order valence-electron chi connectivity index (χ0n) is 17.1. The van der Waals surface area contributed by atoms with Crippen LogP contribution in [0.5, 0.6) is 0 Å². The van der Waals surface area contributed by atoms with E-state index in [1.807, 2.05) is 24.3 Å². The van der Waals surface area contributed by atoms with Crippen LogP contribution in [0.4, 0.5) is 0 Å². The molecule has 5 nitrogen and oxygen atoms in total. The van der Waals surface area contributed by atoms with Gasteiger partial charge in [0.2, 0.25) is 0 Å². The van der Waals surface area contributed by atoms with Gasteiger partial charge in [0, 0.05) is 32.7 Å². The van der Waals surface area contributed by atoms with Gasteiger partial charge in [0.25, 0.3) is 5.91 Å². The molecule has 2 N–H and O–H groups in total. The van der Waals surface area contributed by atoms with E-state index < -0.39 is 0 Å². The van der Waals surface area contributed by atoms with E-state index in [0.29, 0.717) is 12.1 Å². The van der Waals surface area contributed by atoms with Gasteiger partial charge >= 0.3 is 0 Å². The highest BCUT2D eigenvalue weighted by atomic mass is 127. The first-order valence-corrected chi connectivity index (χ1v) is 9.82. The normalized spacial score (nSPS) is 19.8. The van der Waals surface area contributed by atoms with Crippen molar-refractivity contribution in [3.05, 3.63) is 35.4 Å². The molecule has 0 aliphatic heterocycles. The minimum atomic E-state index is 0. The van der Waals surface area contributed by atoms with Crippen LogP contribution in [0, 0.1) is 11.8 Å². The van der Waals surface area contributed by atoms with E-state index in [1.165, 1.54) is 25.7 Å². The fraction of sp³-hybridized carbons (Fsp3) is 0.619. The number of nitrogens with one attached hydrogen (secondary N) is 2. The molecule has 152 valence electrons. The first-order chi connectivity index (χ1) is 12.5. The highest BCUT2D eigenvalue weighted by molar-refractivity contribution is 14.0. The summed E-state index contributed by atoms with van der Waals surface area (Å²) in [5.41, 5.74) is 1.81. The maximum absolute atomic E-state index is 11.9. The first kappa shape index (κ1) is 23.7. The van der Waals surface area contributed by atoms with Crippen molar-refractivity contribution in [1.29, 1.82) is 0 Å². The molecule has 1 saturated carbocycles. The SMILES string of the molecule is CCNC(=NCc1ccc(C(=O)N(C)C)cc1)NCC1CCCC(C)C1.I. The monoisotopic (exact) mass is 486 g/mol. The molecule has 1 aliphatic rings. The lowest BCUT2D eigenvalue weighted by molar-refractivity contribution is 0.0827. The number of halogens is 1. The van der Waals surface area contributed by atoms with Crippen molar-refractivity contribution in [3.63, 3.8) is 0 Å². The molecule has 1 aliphatic carbocycles. The molecule has 1 fully saturated rings. The zero-order valence-corrected chi connectivity index (χ0v) is 19.5. The Morgan fingerprint density at radius 2 is 1.89 bits per heavy atom. The van der Waals surface area contributed by atoms with Crippen LogP contribution in [0.15, 0.2) is 29.3 Å². The Balaban J connectivity index is 0.00000364. The van der Waals surface area contributed by atoms with E-state index in [4.69, 9.17) is 4.99 Å². The number of nitrogens with zero attached hydrogens (tertiary/aromatic N) is 2. The molecule has 2 rings (SSSR count). The highest BCUT2D eigenvalue weighted by Gasteiger charge is 2.18. The zero-order chi connectivity index (χ0) is 18.9. The van der Waals surface area contributed by atoms with Gasteiger partial charge in [0.15, 0.2) is 5.96 Å². The average Bonchev–Trinajstić information content (AvgIpc) is 2.64. The molecule has 6 heteroatoms. The highest BCUT2D eigenvalue weighted by Crippen LogP contribution is 2.27. The summed E-state index contributed by atoms with van der Waals surface area (Å²) in [5.74, 6) is 2.49. The molecular formula is C21H35IN4O. The van der Waals surface area contributed by atoms with E-state index in [1.54, 1.807) is 19.0 Å². The van der Waals surface area contributed by atoms with Crippen LogP contribution in [0.3, 0.4) is 0 Å². The molecule has 0 spiro atoms. The molecule has 1 aromatic rings. The largest absolute Gasteiger partial charge is 0.357 e. The minimum absolute atomic E-state index is 0. The van der Waals surface area contributed by atoms with E-state index in [0.717, 1.165) is 36.4 Å². The van der Waals surface area contributed by atoms with E-state index >= 15 is 0 Å². The summed E-state index contributed by atoms with van der Waals surface area (Å²) in [6.45, 7) is 6.89. The second-order valence-electron chi connectivity index (χ2n) is 7.61. The van der Waals surface area contributed by atoms with Crippen molar-refractivity contribution in [1.82, 2.24) is 15.5 Å². The van der Waals surface area contributed by atoms with Gasteiger partial charge in [0.1, 0.15) is 0 Å². The standard InChI is InChI=1S/C21H34N4O.HI/c1-5-22-21(24-15-18-8-6-7-16(2)13-18)23-14-17-9-11-19(12-10-17)20(26)25(3)4;/h9-12,16,18H,5-8,13-15H2,1-4H3,(H2,22,23,24);1H. The fourth-order valence-electron chi connectivity index (χ4n) is 3.51. The van der Waals surface area contributed by atoms with Gasteiger partial charge in [-0.05, 0) is 49.3 Å². The topological polar surface area (TPSA) is 56.7 Å². The van der Waals surface area contributed by atoms with Crippen molar-refractivity contribution in [3.8, 4) is 0 Å². The number of rotatable bonds is 6. The van der Waals surface area contributed by atoms with Crippen molar-refractivity contribution in [2.45, 2.75) is 46.1 Å². The lowest BCUT2D eigenvalue weighted by Gasteiger charge is -2.27. The van der Waals surface area contributed by atoms with Crippen molar-refractivity contribution in [2.24, 2.45) is 16.8 Å². The Morgan fingerprint density at radius 1 is 1.19 bits per heavy atom. The molecule has 0 saturated heterocycles. The quantitative estimate of drug-likeness (QED) is 0.365. The van der Waals surface area contributed by atoms with Gasteiger partial charge in [-0.1, -0.05) is 31.9 Å². The summed E-state index contributed by atoms with van der Waals surface area (Å²) >= 11 is 0. The molecule has 1 amide bonds. The van der Waals surface area contributed by atoms with Crippen molar-refractivity contribution < 1.29 is 4.79 Å². The number of carbonyl (C=O) groups excluding carboxylic acids is 1. The predicted molar refractivity (Wildman–Crippen MR) is 124 cm³/mol. The summed E-state index contributed by atoms with van der Waals surface area (Å²) < 4.78 is 0. The molecule has 0 aromatic heterocycles. The molecule has 2 unspecified atom stereocenters. The number of hydrogen-bond donors (Lipinski definition) is 2. The van der Waals surface area contributed by atoms with Gasteiger partial charge < -0.3 is 15.5 Å². The van der Waals surface area contributed by atoms with E-state index in [2.05, 4.69) is 24.5 Å². The maximum atomic E-state index is 11.9. The summed E-state index contributed by atoms with van der Waals surface area (Å²) in [5, 5.41) is 6.83. The van der Waals surface area contributed by atoms with Crippen LogP contribution in [-0.4, -0.2) is 44.0 Å². The predicted octanol–water partition coefficient (Wildman–Crippen LogP) is 3.89. The van der Waals surface area contributed by atoms with Gasteiger partial charge in [0.05, 0.1) is 6.54 Å². The maximum Gasteiger partial charge on any atom is 0.253 e. The summed E-state index contributed by atoms with van der Waals surface area (Å²) in [7, 11) is 3.53. The van der Waals surface area contributed by atoms with Crippen LogP contribution >= 0.6 is 24.0 Å². The number of hydrogen-bond acceptors (Lipinski definition) is 2. The third-order valence-electron chi connectivity index (χ3n) is 4.97. The lowest BCUT2D eigenvalue weighted by Crippen LogP contribution is -2.40. The molecule has 27 heavy (non-hydrogen) atoms. The first-order valence-electron chi connectivity index (χ1n) is 9.82. The molecule has 0 bridgehead atoms. The van der Waals surface area contributed by atoms with Gasteiger partial charge in [-0.15, -0.1) is 24.0 Å². The van der Waals surface area contributed by atoms with E-state index in [9.17, 15) is 4.79 Å². The van der Waals surface area contributed by atoms with Gasteiger partial charge in [-0.2, -0.15) is 0 Å². The van der Waals surface area contributed by atoms with Crippen LogP contribution in [0.1, 0.15) is 55.5 Å². The smallest absolute Gasteiger partial charge is 0.253 e. The number of carbonyl (C=O) groups is 1. The molecular weight excluding hydrogens is 451 g/mol. The van der Waals surface area contributed by atoms with Crippen LogP contribution < -0.4 is 10.6 Å². The van der Waals surface area contributed by atoms with Crippen molar-refractivity contribution >= 4 is 35.8 Å². The number of guanidine groups is 1. The second-order valence-corrected chi connectivity index (χ2v) is 7.61. The molecule has 0 heterocycles. The average molecular weight is 486 g/mol. The fourth-order valence-corrected chi connectivity index (χ4v) is 3.51. The molecule has 2 atom stereocenters. The van der Waals surface area contributed by atoms with Crippen LogP contribution in [0.25, 0.3) is 0 Å². The van der Waals surface area contributed by atoms with Crippen LogP contribution in [-0.2, 0) is 6.54 Å². The Kier molecular flexibility index (Phi) is 10.7. The number of amides is 1. The number of aliphatic imine (C=N–C) groups is 1. The molecule has 1 aromatic carbocycles. The van der Waals surface area contributed by atoms with E-state index in [-0.39, 0.29) is 29.9 Å². The Hall–Kier alpha value is -1.31. The number of benzene rings is 1. The van der Waals surface area contributed by atoms with Crippen LogP contribution in [0.2, 0.25) is 0 Å². The van der Waals surface area contributed by atoms with Crippen molar-refractivity contribution in [2.75, 3.05) is 27.2 Å². The Labute approximate surface area is 181 Å². The van der Waals surface area contributed by atoms with Gasteiger partial charge in [-0.3, -0.25) is 4.79 Å². The minimum Gasteiger partial charge on any atom is -0.357 e. The summed E-state index contributed by atoms with van der Waals surface area (Å²) in [6, 6.07) is 7.70. The summed E-state index contributed by atoms with van der Waals surface area (Å²) in [6.07, 6.45) is 5.35. The third-order valence-corrected chi connectivity index (χ3v) is 4.97. The lowest BCUT2D eigenvalue weighted by atomic mass is 9.82. The van der Waals surface area contributed by atoms with Gasteiger partial charge in [-0.25, -0.2) is 4.99 Å². The Morgan fingerprint density at radius 3 is 2.48 bits per heavy atom. The summed E-state index contributed by atoms with van der Waals surface area (Å²) in [4.78, 5) is 18.2. The second kappa shape index (κ2) is 12.2. The third kappa shape index (κ3) is 8.07. The molecule has 0 radical (unpaired) electrons.